The predicted molar refractivity (Wildman–Crippen MR) is 127 cm³/mol. The number of hydrogen-bond acceptors (Lipinski definition) is 6. The number of aryl methyl sites for hydroxylation is 1. The second-order valence-corrected chi connectivity index (χ2v) is 9.64. The van der Waals surface area contributed by atoms with Crippen LogP contribution in [0.1, 0.15) is 35.7 Å². The third-order valence-electron chi connectivity index (χ3n) is 6.35. The second-order valence-electron chi connectivity index (χ2n) is 8.61. The van der Waals surface area contributed by atoms with Crippen LogP contribution < -0.4 is 5.32 Å². The van der Waals surface area contributed by atoms with Gasteiger partial charge < -0.3 is 10.2 Å². The topological polar surface area (TPSA) is 75.9 Å². The average Bonchev–Trinajstić information content (AvgIpc) is 3.49. The molecule has 1 fully saturated rings. The van der Waals surface area contributed by atoms with Crippen molar-refractivity contribution in [1.29, 1.82) is 0 Å². The molecule has 2 aromatic heterocycles. The minimum absolute atomic E-state index is 0.0631. The summed E-state index contributed by atoms with van der Waals surface area (Å²) in [6.07, 6.45) is 4.76. The van der Waals surface area contributed by atoms with E-state index in [1.165, 1.54) is 35.9 Å². The molecule has 7 nitrogen and oxygen atoms in total. The lowest BCUT2D eigenvalue weighted by Gasteiger charge is -2.40. The van der Waals surface area contributed by atoms with Crippen LogP contribution in [-0.4, -0.2) is 49.9 Å². The van der Waals surface area contributed by atoms with Gasteiger partial charge in [0.2, 0.25) is 0 Å². The Balaban J connectivity index is 1.43. The van der Waals surface area contributed by atoms with E-state index in [0.717, 1.165) is 27.9 Å². The van der Waals surface area contributed by atoms with Crippen LogP contribution in [0.25, 0.3) is 15.9 Å². The molecule has 3 heterocycles. The Labute approximate surface area is 199 Å². The van der Waals surface area contributed by atoms with Gasteiger partial charge in [-0.05, 0) is 55.5 Å². The molecule has 2 aromatic carbocycles. The number of halogens is 2. The van der Waals surface area contributed by atoms with E-state index in [1.807, 2.05) is 4.90 Å². The highest BCUT2D eigenvalue weighted by molar-refractivity contribution is 7.22. The third-order valence-corrected chi connectivity index (χ3v) is 7.32. The van der Waals surface area contributed by atoms with Crippen molar-refractivity contribution in [1.82, 2.24) is 24.9 Å². The van der Waals surface area contributed by atoms with E-state index in [1.54, 1.807) is 25.1 Å². The van der Waals surface area contributed by atoms with Gasteiger partial charge in [0.25, 0.3) is 5.91 Å². The Morgan fingerprint density at radius 2 is 2.00 bits per heavy atom. The molecule has 1 amide bonds. The number of aromatic nitrogens is 4. The average molecular weight is 483 g/mol. The summed E-state index contributed by atoms with van der Waals surface area (Å²) in [6, 6.07) is 7.65. The monoisotopic (exact) mass is 482 g/mol. The number of nitrogens with zero attached hydrogens (tertiary/aromatic N) is 5. The highest BCUT2D eigenvalue weighted by Crippen LogP contribution is 2.30. The van der Waals surface area contributed by atoms with E-state index in [2.05, 4.69) is 27.4 Å². The maximum absolute atomic E-state index is 15.1. The van der Waals surface area contributed by atoms with Crippen molar-refractivity contribution < 1.29 is 13.6 Å². The summed E-state index contributed by atoms with van der Waals surface area (Å²) in [4.78, 5) is 21.2. The van der Waals surface area contributed by atoms with Crippen molar-refractivity contribution in [2.45, 2.75) is 32.7 Å². The zero-order valence-electron chi connectivity index (χ0n) is 18.8. The molecule has 4 aromatic rings. The molecule has 0 bridgehead atoms. The third kappa shape index (κ3) is 4.13. The van der Waals surface area contributed by atoms with Crippen LogP contribution in [0.5, 0.6) is 0 Å². The van der Waals surface area contributed by atoms with Crippen LogP contribution >= 0.6 is 11.3 Å². The van der Waals surface area contributed by atoms with E-state index >= 15 is 4.39 Å². The predicted octanol–water partition coefficient (Wildman–Crippen LogP) is 4.82. The number of piperidine rings is 1. The highest BCUT2D eigenvalue weighted by Gasteiger charge is 2.34. The first kappa shape index (κ1) is 22.4. The summed E-state index contributed by atoms with van der Waals surface area (Å²) in [5, 5.41) is 12.1. The fourth-order valence-electron chi connectivity index (χ4n) is 4.50. The zero-order chi connectivity index (χ0) is 23.8. The number of carbonyl (C=O) groups is 1. The number of fused-ring (bicyclic) bond motifs is 1. The SMILES string of the molecule is Cc1ccc(C(=O)N2CCCC(C)C2CNc2nc3ccc(F)cc3s2)c(-n2nccn2)c1F. The zero-order valence-corrected chi connectivity index (χ0v) is 19.6. The van der Waals surface area contributed by atoms with Gasteiger partial charge in [-0.25, -0.2) is 13.8 Å². The number of hydrogen-bond donors (Lipinski definition) is 1. The highest BCUT2D eigenvalue weighted by atomic mass is 32.1. The second kappa shape index (κ2) is 9.09. The molecular weight excluding hydrogens is 458 g/mol. The van der Waals surface area contributed by atoms with Gasteiger partial charge in [-0.2, -0.15) is 10.2 Å². The molecule has 1 aliphatic heterocycles. The fourth-order valence-corrected chi connectivity index (χ4v) is 5.40. The Kier molecular flexibility index (Phi) is 5.99. The number of rotatable bonds is 5. The summed E-state index contributed by atoms with van der Waals surface area (Å²) >= 11 is 1.38. The molecule has 176 valence electrons. The van der Waals surface area contributed by atoms with Crippen molar-refractivity contribution in [3.63, 3.8) is 0 Å². The lowest BCUT2D eigenvalue weighted by molar-refractivity contribution is 0.0539. The molecule has 0 spiro atoms. The molecule has 10 heteroatoms. The van der Waals surface area contributed by atoms with Gasteiger partial charge in [-0.15, -0.1) is 4.80 Å². The van der Waals surface area contributed by atoms with Crippen LogP contribution in [0, 0.1) is 24.5 Å². The summed E-state index contributed by atoms with van der Waals surface area (Å²) in [7, 11) is 0. The normalized spacial score (nSPS) is 18.4. The quantitative estimate of drug-likeness (QED) is 0.442. The van der Waals surface area contributed by atoms with E-state index in [9.17, 15) is 9.18 Å². The van der Waals surface area contributed by atoms with Crippen molar-refractivity contribution in [2.24, 2.45) is 5.92 Å². The van der Waals surface area contributed by atoms with Crippen molar-refractivity contribution >= 4 is 32.6 Å². The lowest BCUT2D eigenvalue weighted by Crippen LogP contribution is -2.51. The molecule has 2 atom stereocenters. The van der Waals surface area contributed by atoms with Crippen molar-refractivity contribution in [2.75, 3.05) is 18.4 Å². The lowest BCUT2D eigenvalue weighted by atomic mass is 9.90. The number of anilines is 1. The maximum atomic E-state index is 15.1. The molecule has 2 unspecified atom stereocenters. The molecule has 0 saturated carbocycles. The van der Waals surface area contributed by atoms with Gasteiger partial charge in [-0.3, -0.25) is 4.79 Å². The Morgan fingerprint density at radius 3 is 2.79 bits per heavy atom. The largest absolute Gasteiger partial charge is 0.359 e. The Hall–Kier alpha value is -3.40. The first-order valence-electron chi connectivity index (χ1n) is 11.2. The molecule has 1 saturated heterocycles. The van der Waals surface area contributed by atoms with E-state index in [4.69, 9.17) is 0 Å². The van der Waals surface area contributed by atoms with Crippen LogP contribution in [0.15, 0.2) is 42.7 Å². The van der Waals surface area contributed by atoms with Crippen molar-refractivity contribution in [3.8, 4) is 5.69 Å². The molecule has 34 heavy (non-hydrogen) atoms. The minimum Gasteiger partial charge on any atom is -0.359 e. The summed E-state index contributed by atoms with van der Waals surface area (Å²) < 4.78 is 29.4. The first-order valence-corrected chi connectivity index (χ1v) is 12.0. The van der Waals surface area contributed by atoms with Gasteiger partial charge in [-0.1, -0.05) is 24.3 Å². The first-order chi connectivity index (χ1) is 16.4. The van der Waals surface area contributed by atoms with E-state index in [-0.39, 0.29) is 34.9 Å². The number of likely N-dealkylation sites (tertiary alicyclic amines) is 1. The Bertz CT molecular complexity index is 1340. The van der Waals surface area contributed by atoms with Crippen LogP contribution in [-0.2, 0) is 0 Å². The molecule has 1 aliphatic rings. The number of amides is 1. The van der Waals surface area contributed by atoms with Crippen LogP contribution in [0.3, 0.4) is 0 Å². The summed E-state index contributed by atoms with van der Waals surface area (Å²) in [6.45, 7) is 4.82. The van der Waals surface area contributed by atoms with E-state index in [0.29, 0.717) is 23.8 Å². The number of carbonyl (C=O) groups excluding carboxylic acids is 1. The smallest absolute Gasteiger partial charge is 0.256 e. The molecular formula is C24H24F2N6OS. The van der Waals surface area contributed by atoms with Gasteiger partial charge >= 0.3 is 0 Å². The maximum Gasteiger partial charge on any atom is 0.256 e. The molecule has 0 radical (unpaired) electrons. The van der Waals surface area contributed by atoms with E-state index < -0.39 is 5.82 Å². The minimum atomic E-state index is -0.511. The van der Waals surface area contributed by atoms with Gasteiger partial charge in [0, 0.05) is 13.1 Å². The molecule has 1 N–H and O–H groups in total. The number of benzene rings is 2. The fraction of sp³-hybridized carbons (Fsp3) is 0.333. The van der Waals surface area contributed by atoms with Gasteiger partial charge in [0.1, 0.15) is 11.5 Å². The van der Waals surface area contributed by atoms with Crippen LogP contribution in [0.2, 0.25) is 0 Å². The Morgan fingerprint density at radius 1 is 1.21 bits per heavy atom. The molecule has 5 rings (SSSR count). The summed E-state index contributed by atoms with van der Waals surface area (Å²) in [5.74, 6) is -0.828. The number of thiazole rings is 1. The van der Waals surface area contributed by atoms with Crippen molar-refractivity contribution in [3.05, 3.63) is 65.5 Å². The molecule has 0 aliphatic carbocycles. The summed E-state index contributed by atoms with van der Waals surface area (Å²) in [5.41, 5.74) is 1.44. The number of nitrogens with one attached hydrogen (secondary N) is 1. The van der Waals surface area contributed by atoms with Crippen LogP contribution in [0.4, 0.5) is 13.9 Å². The van der Waals surface area contributed by atoms with Gasteiger partial charge in [0.05, 0.1) is 34.2 Å². The standard InChI is InChI=1S/C24H24F2N6OS/c1-14-4-3-11-31(19(14)13-27-24-30-18-8-6-16(25)12-20(18)34-24)23(33)17-7-5-15(2)21(26)22(17)32-28-9-10-29-32/h5-10,12,14,19H,3-4,11,13H2,1-2H3,(H,27,30). The van der Waals surface area contributed by atoms with Gasteiger partial charge in [0.15, 0.2) is 10.9 Å².